The lowest BCUT2D eigenvalue weighted by Crippen LogP contribution is -2.46. The minimum absolute atomic E-state index is 0.333. The first-order valence-corrected chi connectivity index (χ1v) is 5.47. The second-order valence-corrected chi connectivity index (χ2v) is 4.58. The molecule has 0 aromatic heterocycles. The number of aliphatic hydroxyl groups is 1. The van der Waals surface area contributed by atoms with E-state index in [1.165, 1.54) is 5.57 Å². The van der Waals surface area contributed by atoms with Gasteiger partial charge in [0.2, 0.25) is 0 Å². The number of allylic oxidation sites excluding steroid dienone is 1. The van der Waals surface area contributed by atoms with Crippen molar-refractivity contribution in [3.8, 4) is 0 Å². The van der Waals surface area contributed by atoms with Crippen LogP contribution in [0.15, 0.2) is 12.2 Å². The number of rotatable bonds is 3. The molecule has 1 fully saturated rings. The van der Waals surface area contributed by atoms with Crippen LogP contribution < -0.4 is 0 Å². The molecule has 0 aromatic rings. The van der Waals surface area contributed by atoms with Crippen LogP contribution in [0.2, 0.25) is 0 Å². The van der Waals surface area contributed by atoms with Gasteiger partial charge in [-0.2, -0.15) is 0 Å². The molecule has 0 bridgehead atoms. The Bertz CT molecular complexity index is 212. The second-order valence-electron chi connectivity index (χ2n) is 4.58. The highest BCUT2D eigenvalue weighted by Crippen LogP contribution is 2.37. The van der Waals surface area contributed by atoms with E-state index in [9.17, 15) is 5.11 Å². The number of hydrogen-bond donors (Lipinski definition) is 1. The Morgan fingerprint density at radius 1 is 1.64 bits per heavy atom. The van der Waals surface area contributed by atoms with Gasteiger partial charge in [-0.05, 0) is 46.0 Å². The molecule has 0 radical (unpaired) electrons. The normalized spacial score (nSPS) is 38.3. The van der Waals surface area contributed by atoms with Crippen molar-refractivity contribution in [2.45, 2.75) is 51.7 Å². The van der Waals surface area contributed by atoms with Gasteiger partial charge in [-0.15, -0.1) is 0 Å². The maximum Gasteiger partial charge on any atom is 0.0912 e. The predicted octanol–water partition coefficient (Wildman–Crippen LogP) is 2.52. The fraction of sp³-hybridized carbons (Fsp3) is 0.833. The summed E-state index contributed by atoms with van der Waals surface area (Å²) in [5, 5.41) is 10.0. The summed E-state index contributed by atoms with van der Waals surface area (Å²) in [4.78, 5) is 0. The zero-order valence-corrected chi connectivity index (χ0v) is 9.55. The molecular weight excluding hydrogens is 176 g/mol. The highest BCUT2D eigenvalue weighted by molar-refractivity contribution is 5.03. The quantitative estimate of drug-likeness (QED) is 0.706. The Kier molecular flexibility index (Phi) is 3.73. The van der Waals surface area contributed by atoms with Crippen LogP contribution in [0.4, 0.5) is 0 Å². The van der Waals surface area contributed by atoms with E-state index in [4.69, 9.17) is 4.74 Å². The van der Waals surface area contributed by atoms with E-state index in [0.717, 1.165) is 19.3 Å². The summed E-state index contributed by atoms with van der Waals surface area (Å²) in [7, 11) is 0. The fourth-order valence-electron chi connectivity index (χ4n) is 2.21. The molecule has 1 aliphatic rings. The average molecular weight is 198 g/mol. The summed E-state index contributed by atoms with van der Waals surface area (Å²) < 4.78 is 5.63. The molecular formula is C12H22O2. The van der Waals surface area contributed by atoms with Gasteiger partial charge in [0, 0.05) is 6.61 Å². The molecule has 3 atom stereocenters. The zero-order chi connectivity index (χ0) is 10.8. The average Bonchev–Trinajstić information content (AvgIpc) is 2.10. The van der Waals surface area contributed by atoms with Crippen molar-refractivity contribution in [3.63, 3.8) is 0 Å². The number of hydrogen-bond acceptors (Lipinski definition) is 2. The molecule has 2 heteroatoms. The van der Waals surface area contributed by atoms with E-state index in [1.54, 1.807) is 0 Å². The molecule has 0 amide bonds. The maximum atomic E-state index is 10.0. The van der Waals surface area contributed by atoms with Crippen molar-refractivity contribution in [1.29, 1.82) is 0 Å². The summed E-state index contributed by atoms with van der Waals surface area (Å²) in [5.74, 6) is 0.471. The topological polar surface area (TPSA) is 29.5 Å². The highest BCUT2D eigenvalue weighted by Gasteiger charge is 2.39. The molecule has 1 aliphatic carbocycles. The standard InChI is InChI=1S/C12H22O2/c1-5-14-12(4)7-6-10(9(2)3)8-11(12)13/h10-11,13H,2,5-8H2,1,3-4H3/t10-,11-,12?/m0/s1. The third-order valence-corrected chi connectivity index (χ3v) is 3.37. The van der Waals surface area contributed by atoms with E-state index < -0.39 is 0 Å². The van der Waals surface area contributed by atoms with Gasteiger partial charge in [0.1, 0.15) is 0 Å². The van der Waals surface area contributed by atoms with E-state index in [-0.39, 0.29) is 11.7 Å². The van der Waals surface area contributed by atoms with Crippen LogP contribution in [0.5, 0.6) is 0 Å². The Morgan fingerprint density at radius 2 is 2.29 bits per heavy atom. The lowest BCUT2D eigenvalue weighted by molar-refractivity contribution is -0.135. The smallest absolute Gasteiger partial charge is 0.0912 e. The second kappa shape index (κ2) is 4.45. The Morgan fingerprint density at radius 3 is 2.71 bits per heavy atom. The molecule has 0 spiro atoms. The van der Waals surface area contributed by atoms with E-state index in [1.807, 2.05) is 20.8 Å². The summed E-state index contributed by atoms with van der Waals surface area (Å²) in [6.07, 6.45) is 2.46. The first kappa shape index (κ1) is 11.7. The third-order valence-electron chi connectivity index (χ3n) is 3.37. The first-order valence-electron chi connectivity index (χ1n) is 5.47. The van der Waals surface area contributed by atoms with Gasteiger partial charge in [0.05, 0.1) is 11.7 Å². The Hall–Kier alpha value is -0.340. The van der Waals surface area contributed by atoms with Gasteiger partial charge in [-0.25, -0.2) is 0 Å². The van der Waals surface area contributed by atoms with Gasteiger partial charge in [-0.1, -0.05) is 12.2 Å². The highest BCUT2D eigenvalue weighted by atomic mass is 16.5. The lowest BCUT2D eigenvalue weighted by atomic mass is 9.75. The molecule has 2 nitrogen and oxygen atoms in total. The van der Waals surface area contributed by atoms with E-state index >= 15 is 0 Å². The Labute approximate surface area is 87.0 Å². The van der Waals surface area contributed by atoms with Crippen LogP contribution in [-0.2, 0) is 4.74 Å². The van der Waals surface area contributed by atoms with Gasteiger partial charge >= 0.3 is 0 Å². The molecule has 14 heavy (non-hydrogen) atoms. The van der Waals surface area contributed by atoms with Crippen LogP contribution >= 0.6 is 0 Å². The minimum atomic E-state index is -0.349. The van der Waals surface area contributed by atoms with Crippen LogP contribution in [0, 0.1) is 5.92 Å². The molecule has 0 saturated heterocycles. The SMILES string of the molecule is C=C(C)[C@H]1CCC(C)(OCC)[C@@H](O)C1. The van der Waals surface area contributed by atoms with Crippen LogP contribution in [-0.4, -0.2) is 23.4 Å². The van der Waals surface area contributed by atoms with Crippen molar-refractivity contribution < 1.29 is 9.84 Å². The van der Waals surface area contributed by atoms with Crippen LogP contribution in [0.1, 0.15) is 40.0 Å². The van der Waals surface area contributed by atoms with Gasteiger partial charge in [0.25, 0.3) is 0 Å². The lowest BCUT2D eigenvalue weighted by Gasteiger charge is -2.41. The molecule has 1 N–H and O–H groups in total. The Balaban J connectivity index is 2.59. The van der Waals surface area contributed by atoms with Crippen molar-refractivity contribution in [1.82, 2.24) is 0 Å². The van der Waals surface area contributed by atoms with Crippen LogP contribution in [0.25, 0.3) is 0 Å². The number of aliphatic hydroxyl groups excluding tert-OH is 1. The molecule has 82 valence electrons. The third kappa shape index (κ3) is 2.37. The monoisotopic (exact) mass is 198 g/mol. The maximum absolute atomic E-state index is 10.0. The molecule has 0 aliphatic heterocycles. The van der Waals surface area contributed by atoms with E-state index in [2.05, 4.69) is 6.58 Å². The van der Waals surface area contributed by atoms with Crippen molar-refractivity contribution in [2.24, 2.45) is 5.92 Å². The largest absolute Gasteiger partial charge is 0.390 e. The zero-order valence-electron chi connectivity index (χ0n) is 9.55. The molecule has 1 saturated carbocycles. The first-order chi connectivity index (χ1) is 6.49. The molecule has 0 aromatic carbocycles. The molecule has 0 heterocycles. The van der Waals surface area contributed by atoms with Crippen molar-refractivity contribution in [3.05, 3.63) is 12.2 Å². The van der Waals surface area contributed by atoms with Gasteiger partial charge in [-0.3, -0.25) is 0 Å². The van der Waals surface area contributed by atoms with Gasteiger partial charge in [0.15, 0.2) is 0 Å². The van der Waals surface area contributed by atoms with Gasteiger partial charge < -0.3 is 9.84 Å². The van der Waals surface area contributed by atoms with Crippen molar-refractivity contribution in [2.75, 3.05) is 6.61 Å². The summed E-state index contributed by atoms with van der Waals surface area (Å²) >= 11 is 0. The molecule has 1 rings (SSSR count). The predicted molar refractivity (Wildman–Crippen MR) is 58.2 cm³/mol. The number of ether oxygens (including phenoxy) is 1. The van der Waals surface area contributed by atoms with Crippen molar-refractivity contribution >= 4 is 0 Å². The summed E-state index contributed by atoms with van der Waals surface area (Å²) in [6.45, 7) is 10.7. The fourth-order valence-corrected chi connectivity index (χ4v) is 2.21. The minimum Gasteiger partial charge on any atom is -0.390 e. The van der Waals surface area contributed by atoms with Crippen LogP contribution in [0.3, 0.4) is 0 Å². The van der Waals surface area contributed by atoms with E-state index in [0.29, 0.717) is 12.5 Å². The molecule has 1 unspecified atom stereocenters. The summed E-state index contributed by atoms with van der Waals surface area (Å²) in [6, 6.07) is 0. The summed E-state index contributed by atoms with van der Waals surface area (Å²) in [5.41, 5.74) is 0.850.